The predicted molar refractivity (Wildman–Crippen MR) is 85.4 cm³/mol. The number of benzene rings is 4. The van der Waals surface area contributed by atoms with Gasteiger partial charge in [0, 0.05) is 0 Å². The molecule has 0 atom stereocenters. The minimum atomic E-state index is -0.831. The van der Waals surface area contributed by atoms with Gasteiger partial charge in [0.2, 0.25) is 0 Å². The molecule has 4 rings (SSSR count). The lowest BCUT2D eigenvalue weighted by atomic mass is 9.87. The van der Waals surface area contributed by atoms with Crippen molar-refractivity contribution >= 4 is 32.3 Å². The van der Waals surface area contributed by atoms with Crippen molar-refractivity contribution in [2.45, 2.75) is 19.4 Å². The smallest absolute Gasteiger partial charge is 0.0846 e. The zero-order valence-corrected chi connectivity index (χ0v) is 11.6. The van der Waals surface area contributed by atoms with Crippen LogP contribution in [0.5, 0.6) is 0 Å². The SMILES string of the molecule is CC(C)(O)c1ccc2ccc3cccc4ccc1c2c34. The molecule has 0 aliphatic rings. The lowest BCUT2D eigenvalue weighted by Gasteiger charge is -2.22. The summed E-state index contributed by atoms with van der Waals surface area (Å²) in [4.78, 5) is 0. The van der Waals surface area contributed by atoms with E-state index in [0.717, 1.165) is 10.9 Å². The summed E-state index contributed by atoms with van der Waals surface area (Å²) in [7, 11) is 0. The van der Waals surface area contributed by atoms with Gasteiger partial charge in [-0.1, -0.05) is 54.6 Å². The van der Waals surface area contributed by atoms with Crippen LogP contribution in [0.1, 0.15) is 19.4 Å². The molecule has 4 aromatic carbocycles. The van der Waals surface area contributed by atoms with Gasteiger partial charge in [0.25, 0.3) is 0 Å². The molecule has 1 nitrogen and oxygen atoms in total. The maximum Gasteiger partial charge on any atom is 0.0846 e. The van der Waals surface area contributed by atoms with Gasteiger partial charge in [0.1, 0.15) is 0 Å². The van der Waals surface area contributed by atoms with Crippen molar-refractivity contribution in [1.29, 1.82) is 0 Å². The first-order valence-corrected chi connectivity index (χ1v) is 6.95. The molecule has 98 valence electrons. The van der Waals surface area contributed by atoms with Crippen LogP contribution in [-0.2, 0) is 5.60 Å². The molecule has 0 radical (unpaired) electrons. The van der Waals surface area contributed by atoms with Crippen LogP contribution in [0.3, 0.4) is 0 Å². The zero-order valence-electron chi connectivity index (χ0n) is 11.6. The van der Waals surface area contributed by atoms with Gasteiger partial charge in [0.05, 0.1) is 5.60 Å². The van der Waals surface area contributed by atoms with Crippen LogP contribution in [0.4, 0.5) is 0 Å². The van der Waals surface area contributed by atoms with E-state index in [1.807, 2.05) is 19.9 Å². The molecule has 0 amide bonds. The van der Waals surface area contributed by atoms with Crippen molar-refractivity contribution < 1.29 is 5.11 Å². The van der Waals surface area contributed by atoms with Gasteiger partial charge in [-0.2, -0.15) is 0 Å². The Balaban J connectivity index is 2.32. The van der Waals surface area contributed by atoms with Crippen molar-refractivity contribution in [3.8, 4) is 0 Å². The Hall–Kier alpha value is -2.12. The van der Waals surface area contributed by atoms with Crippen LogP contribution >= 0.6 is 0 Å². The van der Waals surface area contributed by atoms with Crippen LogP contribution in [0.2, 0.25) is 0 Å². The third-order valence-corrected chi connectivity index (χ3v) is 4.19. The van der Waals surface area contributed by atoms with Crippen molar-refractivity contribution in [1.82, 2.24) is 0 Å². The van der Waals surface area contributed by atoms with E-state index in [2.05, 4.69) is 48.5 Å². The molecule has 0 unspecified atom stereocenters. The minimum Gasteiger partial charge on any atom is -0.386 e. The van der Waals surface area contributed by atoms with Gasteiger partial charge in [-0.3, -0.25) is 0 Å². The van der Waals surface area contributed by atoms with Gasteiger partial charge in [-0.15, -0.1) is 0 Å². The molecule has 0 bridgehead atoms. The van der Waals surface area contributed by atoms with Crippen molar-refractivity contribution in [2.24, 2.45) is 0 Å². The molecule has 0 aromatic heterocycles. The topological polar surface area (TPSA) is 20.2 Å². The second-order valence-electron chi connectivity index (χ2n) is 6.03. The summed E-state index contributed by atoms with van der Waals surface area (Å²) in [6, 6.07) is 19.2. The summed E-state index contributed by atoms with van der Waals surface area (Å²) in [5, 5.41) is 17.9. The number of hydrogen-bond acceptors (Lipinski definition) is 1. The van der Waals surface area contributed by atoms with E-state index in [9.17, 15) is 5.11 Å². The predicted octanol–water partition coefficient (Wildman–Crippen LogP) is 4.81. The maximum absolute atomic E-state index is 10.4. The molecule has 1 heteroatoms. The Morgan fingerprint density at radius 1 is 0.700 bits per heavy atom. The van der Waals surface area contributed by atoms with Gasteiger partial charge in [-0.05, 0) is 51.7 Å². The molecular formula is C19H16O. The Bertz CT molecular complexity index is 913. The second kappa shape index (κ2) is 3.71. The first-order valence-electron chi connectivity index (χ1n) is 6.95. The molecule has 0 aliphatic heterocycles. The lowest BCUT2D eigenvalue weighted by Crippen LogP contribution is -2.15. The molecule has 0 saturated carbocycles. The third kappa shape index (κ3) is 1.47. The summed E-state index contributed by atoms with van der Waals surface area (Å²) in [6.45, 7) is 3.69. The molecule has 0 spiro atoms. The second-order valence-corrected chi connectivity index (χ2v) is 6.03. The lowest BCUT2D eigenvalue weighted by molar-refractivity contribution is 0.0802. The number of rotatable bonds is 1. The Morgan fingerprint density at radius 2 is 1.25 bits per heavy atom. The number of aliphatic hydroxyl groups is 1. The largest absolute Gasteiger partial charge is 0.386 e. The van der Waals surface area contributed by atoms with E-state index in [4.69, 9.17) is 0 Å². The third-order valence-electron chi connectivity index (χ3n) is 4.19. The minimum absolute atomic E-state index is 0.831. The Labute approximate surface area is 117 Å². The van der Waals surface area contributed by atoms with E-state index in [-0.39, 0.29) is 0 Å². The monoisotopic (exact) mass is 260 g/mol. The van der Waals surface area contributed by atoms with E-state index in [1.54, 1.807) is 0 Å². The highest BCUT2D eigenvalue weighted by molar-refractivity contribution is 6.23. The fraction of sp³-hybridized carbons (Fsp3) is 0.158. The molecule has 4 aromatic rings. The highest BCUT2D eigenvalue weighted by atomic mass is 16.3. The van der Waals surface area contributed by atoms with E-state index < -0.39 is 5.60 Å². The molecular weight excluding hydrogens is 244 g/mol. The summed E-state index contributed by atoms with van der Waals surface area (Å²) in [5.41, 5.74) is 0.158. The molecule has 0 saturated heterocycles. The highest BCUT2D eigenvalue weighted by Gasteiger charge is 2.20. The standard InChI is InChI=1S/C19H16O/c1-19(2,20)16-11-9-14-7-6-12-4-3-5-13-8-10-15(16)18(14)17(12)13/h3-11,20H,1-2H3. The molecule has 1 N–H and O–H groups in total. The van der Waals surface area contributed by atoms with Crippen LogP contribution in [0, 0.1) is 0 Å². The average molecular weight is 260 g/mol. The summed E-state index contributed by atoms with van der Waals surface area (Å²) >= 11 is 0. The Kier molecular flexibility index (Phi) is 2.17. The fourth-order valence-electron chi connectivity index (χ4n) is 3.27. The fourth-order valence-corrected chi connectivity index (χ4v) is 3.27. The highest BCUT2D eigenvalue weighted by Crippen LogP contribution is 2.38. The van der Waals surface area contributed by atoms with Crippen LogP contribution in [0.25, 0.3) is 32.3 Å². The van der Waals surface area contributed by atoms with Crippen LogP contribution in [0.15, 0.2) is 54.6 Å². The van der Waals surface area contributed by atoms with Gasteiger partial charge in [0.15, 0.2) is 0 Å². The van der Waals surface area contributed by atoms with E-state index in [0.29, 0.717) is 0 Å². The van der Waals surface area contributed by atoms with Gasteiger partial charge < -0.3 is 5.11 Å². The number of hydrogen-bond donors (Lipinski definition) is 1. The van der Waals surface area contributed by atoms with Crippen molar-refractivity contribution in [2.75, 3.05) is 0 Å². The zero-order chi connectivity index (χ0) is 13.9. The molecule has 0 aliphatic carbocycles. The average Bonchev–Trinajstić information content (AvgIpc) is 2.43. The molecule has 0 heterocycles. The van der Waals surface area contributed by atoms with E-state index in [1.165, 1.54) is 26.9 Å². The Morgan fingerprint density at radius 3 is 1.90 bits per heavy atom. The van der Waals surface area contributed by atoms with Crippen LogP contribution < -0.4 is 0 Å². The normalized spacial score (nSPS) is 12.8. The van der Waals surface area contributed by atoms with Gasteiger partial charge >= 0.3 is 0 Å². The molecule has 20 heavy (non-hydrogen) atoms. The van der Waals surface area contributed by atoms with Crippen molar-refractivity contribution in [3.05, 3.63) is 60.2 Å². The van der Waals surface area contributed by atoms with Gasteiger partial charge in [-0.25, -0.2) is 0 Å². The van der Waals surface area contributed by atoms with Crippen molar-refractivity contribution in [3.63, 3.8) is 0 Å². The van der Waals surface area contributed by atoms with Crippen LogP contribution in [-0.4, -0.2) is 5.11 Å². The quantitative estimate of drug-likeness (QED) is 0.487. The summed E-state index contributed by atoms with van der Waals surface area (Å²) in [5.74, 6) is 0. The summed E-state index contributed by atoms with van der Waals surface area (Å²) in [6.07, 6.45) is 0. The van der Waals surface area contributed by atoms with E-state index >= 15 is 0 Å². The maximum atomic E-state index is 10.4. The first-order chi connectivity index (χ1) is 9.55. The molecule has 0 fully saturated rings. The first kappa shape index (κ1) is 11.7. The summed E-state index contributed by atoms with van der Waals surface area (Å²) < 4.78 is 0.